The van der Waals surface area contributed by atoms with Gasteiger partial charge in [-0.1, -0.05) is 11.6 Å². The van der Waals surface area contributed by atoms with Crippen molar-refractivity contribution in [2.75, 3.05) is 0 Å². The van der Waals surface area contributed by atoms with Crippen molar-refractivity contribution < 1.29 is 17.6 Å². The van der Waals surface area contributed by atoms with E-state index in [1.165, 1.54) is 0 Å². The quantitative estimate of drug-likeness (QED) is 0.734. The second-order valence-corrected chi connectivity index (χ2v) is 3.09. The molecule has 1 aromatic carbocycles. The first-order valence-electron chi connectivity index (χ1n) is 3.59. The molecule has 1 atom stereocenters. The van der Waals surface area contributed by atoms with Crippen molar-refractivity contribution in [1.82, 2.24) is 0 Å². The van der Waals surface area contributed by atoms with Crippen molar-refractivity contribution >= 4 is 11.6 Å². The van der Waals surface area contributed by atoms with Gasteiger partial charge in [0.2, 0.25) is 0 Å². The van der Waals surface area contributed by atoms with E-state index in [-0.39, 0.29) is 5.02 Å². The molecule has 14 heavy (non-hydrogen) atoms. The molecule has 0 aromatic heterocycles. The molecule has 2 N–H and O–H groups in total. The Morgan fingerprint density at radius 3 is 2.36 bits per heavy atom. The third-order valence-electron chi connectivity index (χ3n) is 1.65. The number of benzene rings is 1. The fourth-order valence-corrected chi connectivity index (χ4v) is 1.16. The molecule has 0 aliphatic heterocycles. The van der Waals surface area contributed by atoms with E-state index in [4.69, 9.17) is 17.3 Å². The molecule has 78 valence electrons. The maximum atomic E-state index is 12.6. The van der Waals surface area contributed by atoms with Crippen LogP contribution in [0.2, 0.25) is 5.02 Å². The highest BCUT2D eigenvalue weighted by molar-refractivity contribution is 6.31. The smallest absolute Gasteiger partial charge is 0.316 e. The van der Waals surface area contributed by atoms with Crippen LogP contribution in [0.25, 0.3) is 0 Å². The Morgan fingerprint density at radius 1 is 1.29 bits per heavy atom. The molecule has 1 rings (SSSR count). The number of hydrogen-bond donors (Lipinski definition) is 1. The number of alkyl halides is 3. The third kappa shape index (κ3) is 2.36. The van der Waals surface area contributed by atoms with Crippen molar-refractivity contribution in [2.24, 2.45) is 5.73 Å². The standard InChI is InChI=1S/C8H6ClF4N/c9-6-2-1-4(10)3-5(6)7(14)8(11,12)13/h1-3,7H,14H2/t7-/m1/s1. The highest BCUT2D eigenvalue weighted by Crippen LogP contribution is 2.34. The monoisotopic (exact) mass is 227 g/mol. The lowest BCUT2D eigenvalue weighted by atomic mass is 10.1. The number of nitrogens with two attached hydrogens (primary N) is 1. The van der Waals surface area contributed by atoms with Gasteiger partial charge in [0.25, 0.3) is 0 Å². The molecule has 0 saturated heterocycles. The molecule has 0 bridgehead atoms. The number of rotatable bonds is 1. The summed E-state index contributed by atoms with van der Waals surface area (Å²) < 4.78 is 49.0. The number of hydrogen-bond acceptors (Lipinski definition) is 1. The first kappa shape index (κ1) is 11.3. The Hall–Kier alpha value is -0.810. The maximum absolute atomic E-state index is 12.6. The molecule has 6 heteroatoms. The first-order chi connectivity index (χ1) is 6.32. The zero-order chi connectivity index (χ0) is 10.9. The van der Waals surface area contributed by atoms with Gasteiger partial charge < -0.3 is 5.73 Å². The molecule has 1 aromatic rings. The zero-order valence-corrected chi connectivity index (χ0v) is 7.53. The largest absolute Gasteiger partial charge is 0.407 e. The van der Waals surface area contributed by atoms with E-state index >= 15 is 0 Å². The summed E-state index contributed by atoms with van der Waals surface area (Å²) in [6, 6.07) is 0.429. The molecular weight excluding hydrogens is 222 g/mol. The molecule has 0 amide bonds. The van der Waals surface area contributed by atoms with Crippen LogP contribution in [-0.2, 0) is 0 Å². The summed E-state index contributed by atoms with van der Waals surface area (Å²) in [5, 5.41) is -0.198. The van der Waals surface area contributed by atoms with Gasteiger partial charge in [-0.2, -0.15) is 13.2 Å². The van der Waals surface area contributed by atoms with Gasteiger partial charge in [0.1, 0.15) is 11.9 Å². The van der Waals surface area contributed by atoms with E-state index in [0.717, 1.165) is 12.1 Å². The minimum atomic E-state index is -4.63. The molecule has 0 fully saturated rings. The van der Waals surface area contributed by atoms with Gasteiger partial charge >= 0.3 is 6.18 Å². The molecule has 0 radical (unpaired) electrons. The van der Waals surface area contributed by atoms with Crippen LogP contribution in [-0.4, -0.2) is 6.18 Å². The SMILES string of the molecule is N[C@H](c1cc(F)ccc1Cl)C(F)(F)F. The van der Waals surface area contributed by atoms with Gasteiger partial charge in [-0.15, -0.1) is 0 Å². The van der Waals surface area contributed by atoms with E-state index in [0.29, 0.717) is 6.07 Å². The van der Waals surface area contributed by atoms with Crippen LogP contribution in [0.4, 0.5) is 17.6 Å². The Labute approximate surface area is 82.5 Å². The minimum Gasteiger partial charge on any atom is -0.316 e. The van der Waals surface area contributed by atoms with Gasteiger partial charge in [0, 0.05) is 5.02 Å². The Balaban J connectivity index is 3.12. The molecular formula is C8H6ClF4N. The van der Waals surface area contributed by atoms with Gasteiger partial charge in [-0.25, -0.2) is 4.39 Å². The van der Waals surface area contributed by atoms with Crippen LogP contribution in [0, 0.1) is 5.82 Å². The average molecular weight is 228 g/mol. The number of halogens is 5. The highest BCUT2D eigenvalue weighted by Gasteiger charge is 2.39. The summed E-state index contributed by atoms with van der Waals surface area (Å²) >= 11 is 5.45. The van der Waals surface area contributed by atoms with Crippen molar-refractivity contribution in [3.63, 3.8) is 0 Å². The Morgan fingerprint density at radius 2 is 1.86 bits per heavy atom. The van der Waals surface area contributed by atoms with E-state index in [1.54, 1.807) is 0 Å². The van der Waals surface area contributed by atoms with E-state index in [2.05, 4.69) is 0 Å². The van der Waals surface area contributed by atoms with Crippen LogP contribution in [0.15, 0.2) is 18.2 Å². The van der Waals surface area contributed by atoms with Gasteiger partial charge in [-0.05, 0) is 23.8 Å². The van der Waals surface area contributed by atoms with Crippen molar-refractivity contribution in [3.05, 3.63) is 34.6 Å². The van der Waals surface area contributed by atoms with Crippen LogP contribution in [0.1, 0.15) is 11.6 Å². The molecule has 0 heterocycles. The van der Waals surface area contributed by atoms with Crippen molar-refractivity contribution in [1.29, 1.82) is 0 Å². The average Bonchev–Trinajstić information content (AvgIpc) is 2.06. The van der Waals surface area contributed by atoms with Crippen LogP contribution >= 0.6 is 11.6 Å². The fourth-order valence-electron chi connectivity index (χ4n) is 0.929. The van der Waals surface area contributed by atoms with Crippen molar-refractivity contribution in [3.8, 4) is 0 Å². The van der Waals surface area contributed by atoms with Crippen LogP contribution < -0.4 is 5.73 Å². The molecule has 0 unspecified atom stereocenters. The maximum Gasteiger partial charge on any atom is 0.407 e. The zero-order valence-electron chi connectivity index (χ0n) is 6.78. The first-order valence-corrected chi connectivity index (χ1v) is 3.97. The minimum absolute atomic E-state index is 0.198. The predicted molar refractivity (Wildman–Crippen MR) is 44.4 cm³/mol. The summed E-state index contributed by atoms with van der Waals surface area (Å²) in [5.41, 5.74) is 4.41. The summed E-state index contributed by atoms with van der Waals surface area (Å²) in [5.74, 6) is -0.802. The second kappa shape index (κ2) is 3.74. The van der Waals surface area contributed by atoms with Crippen LogP contribution in [0.3, 0.4) is 0 Å². The second-order valence-electron chi connectivity index (χ2n) is 2.69. The van der Waals surface area contributed by atoms with Gasteiger partial charge in [-0.3, -0.25) is 0 Å². The lowest BCUT2D eigenvalue weighted by Gasteiger charge is -2.16. The summed E-state index contributed by atoms with van der Waals surface area (Å²) in [6.45, 7) is 0. The van der Waals surface area contributed by atoms with Gasteiger partial charge in [0.15, 0.2) is 0 Å². The lowest BCUT2D eigenvalue weighted by Crippen LogP contribution is -2.28. The topological polar surface area (TPSA) is 26.0 Å². The summed E-state index contributed by atoms with van der Waals surface area (Å²) in [7, 11) is 0. The molecule has 0 spiro atoms. The summed E-state index contributed by atoms with van der Waals surface area (Å²) in [4.78, 5) is 0. The van der Waals surface area contributed by atoms with E-state index < -0.39 is 23.6 Å². The molecule has 0 saturated carbocycles. The molecule has 1 nitrogen and oxygen atoms in total. The lowest BCUT2D eigenvalue weighted by molar-refractivity contribution is -0.149. The van der Waals surface area contributed by atoms with E-state index in [1.807, 2.05) is 0 Å². The van der Waals surface area contributed by atoms with Gasteiger partial charge in [0.05, 0.1) is 0 Å². The molecule has 0 aliphatic carbocycles. The Kier molecular flexibility index (Phi) is 3.01. The molecule has 0 aliphatic rings. The Bertz CT molecular complexity index is 337. The predicted octanol–water partition coefficient (Wildman–Crippen LogP) is 3.04. The third-order valence-corrected chi connectivity index (χ3v) is 1.99. The van der Waals surface area contributed by atoms with Crippen molar-refractivity contribution in [2.45, 2.75) is 12.2 Å². The normalized spacial score (nSPS) is 14.1. The summed E-state index contributed by atoms with van der Waals surface area (Å²) in [6.07, 6.45) is -4.63. The highest BCUT2D eigenvalue weighted by atomic mass is 35.5. The fraction of sp³-hybridized carbons (Fsp3) is 0.250. The van der Waals surface area contributed by atoms with E-state index in [9.17, 15) is 17.6 Å². The van der Waals surface area contributed by atoms with Crippen LogP contribution in [0.5, 0.6) is 0 Å².